The molecule has 1 heterocycles. The lowest BCUT2D eigenvalue weighted by Crippen LogP contribution is -1.88. The fourth-order valence-electron chi connectivity index (χ4n) is 1.52. The van der Waals surface area contributed by atoms with Gasteiger partial charge in [-0.05, 0) is 30.7 Å². The lowest BCUT2D eigenvalue weighted by molar-refractivity contribution is 0.386. The quantitative estimate of drug-likeness (QED) is 0.863. The summed E-state index contributed by atoms with van der Waals surface area (Å²) in [6.45, 7) is 2.03. The van der Waals surface area contributed by atoms with Gasteiger partial charge in [0.25, 0.3) is 0 Å². The Morgan fingerprint density at radius 3 is 2.75 bits per heavy atom. The number of nitrogens with one attached hydrogen (secondary N) is 1. The smallest absolute Gasteiger partial charge is 0.165 e. The first-order valence-electron chi connectivity index (χ1n) is 5.12. The Bertz CT molecular complexity index is 494. The SMILES string of the molecule is CCc1cc(-c2ccc(OC)c(F)c2)n[nH]1. The molecule has 0 bridgehead atoms. The highest BCUT2D eigenvalue weighted by Gasteiger charge is 2.07. The van der Waals surface area contributed by atoms with Crippen LogP contribution >= 0.6 is 0 Å². The average molecular weight is 220 g/mol. The molecule has 0 amide bonds. The number of methoxy groups -OCH3 is 1. The summed E-state index contributed by atoms with van der Waals surface area (Å²) in [6.07, 6.45) is 0.881. The van der Waals surface area contributed by atoms with Gasteiger partial charge in [0.1, 0.15) is 0 Å². The average Bonchev–Trinajstić information content (AvgIpc) is 2.77. The predicted octanol–water partition coefficient (Wildman–Crippen LogP) is 2.79. The van der Waals surface area contributed by atoms with Gasteiger partial charge in [-0.15, -0.1) is 0 Å². The second-order valence-corrected chi connectivity index (χ2v) is 3.48. The second kappa shape index (κ2) is 4.35. The topological polar surface area (TPSA) is 37.9 Å². The van der Waals surface area contributed by atoms with E-state index in [-0.39, 0.29) is 11.6 Å². The van der Waals surface area contributed by atoms with Crippen molar-refractivity contribution in [2.75, 3.05) is 7.11 Å². The lowest BCUT2D eigenvalue weighted by atomic mass is 10.1. The standard InChI is InChI=1S/C12H13FN2O/c1-3-9-7-11(15-14-9)8-4-5-12(16-2)10(13)6-8/h4-7H,3H2,1-2H3,(H,14,15). The third-order valence-electron chi connectivity index (χ3n) is 2.46. The highest BCUT2D eigenvalue weighted by Crippen LogP contribution is 2.24. The second-order valence-electron chi connectivity index (χ2n) is 3.48. The Balaban J connectivity index is 2.37. The Morgan fingerprint density at radius 1 is 1.38 bits per heavy atom. The summed E-state index contributed by atoms with van der Waals surface area (Å²) in [6, 6.07) is 6.73. The molecule has 1 aromatic heterocycles. The third-order valence-corrected chi connectivity index (χ3v) is 2.46. The van der Waals surface area contributed by atoms with Gasteiger partial charge < -0.3 is 4.74 Å². The fraction of sp³-hybridized carbons (Fsp3) is 0.250. The predicted molar refractivity (Wildman–Crippen MR) is 59.9 cm³/mol. The zero-order valence-electron chi connectivity index (χ0n) is 9.25. The Hall–Kier alpha value is -1.84. The van der Waals surface area contributed by atoms with Crippen LogP contribution in [0.4, 0.5) is 4.39 Å². The minimum atomic E-state index is -0.374. The van der Waals surface area contributed by atoms with Crippen molar-refractivity contribution in [1.82, 2.24) is 10.2 Å². The maximum absolute atomic E-state index is 13.5. The lowest BCUT2D eigenvalue weighted by Gasteiger charge is -2.02. The highest BCUT2D eigenvalue weighted by molar-refractivity contribution is 5.60. The van der Waals surface area contributed by atoms with Crippen molar-refractivity contribution in [3.63, 3.8) is 0 Å². The number of ether oxygens (including phenoxy) is 1. The summed E-state index contributed by atoms with van der Waals surface area (Å²) < 4.78 is 18.3. The van der Waals surface area contributed by atoms with Gasteiger partial charge in [0, 0.05) is 11.3 Å². The van der Waals surface area contributed by atoms with Crippen molar-refractivity contribution in [2.24, 2.45) is 0 Å². The number of benzene rings is 1. The van der Waals surface area contributed by atoms with Gasteiger partial charge in [-0.3, -0.25) is 5.10 Å². The van der Waals surface area contributed by atoms with Crippen LogP contribution in [0.1, 0.15) is 12.6 Å². The number of halogens is 1. The highest BCUT2D eigenvalue weighted by atomic mass is 19.1. The van der Waals surface area contributed by atoms with Crippen molar-refractivity contribution < 1.29 is 9.13 Å². The molecular formula is C12H13FN2O. The number of nitrogens with zero attached hydrogens (tertiary/aromatic N) is 1. The molecule has 0 saturated carbocycles. The molecule has 1 aromatic carbocycles. The van der Waals surface area contributed by atoms with E-state index in [1.807, 2.05) is 13.0 Å². The van der Waals surface area contributed by atoms with E-state index in [1.165, 1.54) is 13.2 Å². The molecule has 3 nitrogen and oxygen atoms in total. The van der Waals surface area contributed by atoms with Crippen LogP contribution in [-0.2, 0) is 6.42 Å². The number of H-pyrrole nitrogens is 1. The monoisotopic (exact) mass is 220 g/mol. The molecule has 0 spiro atoms. The van der Waals surface area contributed by atoms with Crippen LogP contribution in [0.5, 0.6) is 5.75 Å². The summed E-state index contributed by atoms with van der Waals surface area (Å²) in [5, 5.41) is 7.02. The first kappa shape index (κ1) is 10.7. The summed E-state index contributed by atoms with van der Waals surface area (Å²) in [5.74, 6) is -0.129. The van der Waals surface area contributed by atoms with Crippen molar-refractivity contribution in [3.8, 4) is 17.0 Å². The van der Waals surface area contributed by atoms with Crippen LogP contribution in [-0.4, -0.2) is 17.3 Å². The zero-order chi connectivity index (χ0) is 11.5. The van der Waals surface area contributed by atoms with E-state index in [1.54, 1.807) is 12.1 Å². The van der Waals surface area contributed by atoms with Gasteiger partial charge >= 0.3 is 0 Å². The van der Waals surface area contributed by atoms with Gasteiger partial charge in [0.05, 0.1) is 12.8 Å². The molecule has 0 saturated heterocycles. The van der Waals surface area contributed by atoms with Crippen LogP contribution in [0, 0.1) is 5.82 Å². The van der Waals surface area contributed by atoms with Crippen molar-refractivity contribution in [3.05, 3.63) is 35.8 Å². The number of rotatable bonds is 3. The molecule has 0 aliphatic heterocycles. The van der Waals surface area contributed by atoms with Gasteiger partial charge in [-0.25, -0.2) is 4.39 Å². The molecule has 2 aromatic rings. The normalized spacial score (nSPS) is 10.4. The van der Waals surface area contributed by atoms with Crippen molar-refractivity contribution in [2.45, 2.75) is 13.3 Å². The van der Waals surface area contributed by atoms with Gasteiger partial charge in [-0.1, -0.05) is 6.92 Å². The number of hydrogen-bond acceptors (Lipinski definition) is 2. The number of aromatic amines is 1. The van der Waals surface area contributed by atoms with E-state index in [2.05, 4.69) is 10.2 Å². The number of hydrogen-bond donors (Lipinski definition) is 1. The summed E-state index contributed by atoms with van der Waals surface area (Å²) in [7, 11) is 1.45. The van der Waals surface area contributed by atoms with Gasteiger partial charge in [0.15, 0.2) is 11.6 Å². The van der Waals surface area contributed by atoms with E-state index < -0.39 is 0 Å². The van der Waals surface area contributed by atoms with E-state index >= 15 is 0 Å². The van der Waals surface area contributed by atoms with Gasteiger partial charge in [-0.2, -0.15) is 5.10 Å². The molecule has 4 heteroatoms. The molecule has 0 fully saturated rings. The Morgan fingerprint density at radius 2 is 2.19 bits per heavy atom. The maximum Gasteiger partial charge on any atom is 0.165 e. The van der Waals surface area contributed by atoms with Crippen LogP contribution in [0.25, 0.3) is 11.3 Å². The molecule has 0 aliphatic rings. The van der Waals surface area contributed by atoms with E-state index in [9.17, 15) is 4.39 Å². The molecule has 2 rings (SSSR count). The van der Waals surface area contributed by atoms with Crippen LogP contribution in [0.3, 0.4) is 0 Å². The minimum absolute atomic E-state index is 0.245. The molecule has 16 heavy (non-hydrogen) atoms. The fourth-order valence-corrected chi connectivity index (χ4v) is 1.52. The third kappa shape index (κ3) is 1.91. The minimum Gasteiger partial charge on any atom is -0.494 e. The first-order valence-corrected chi connectivity index (χ1v) is 5.12. The number of aromatic nitrogens is 2. The molecule has 0 atom stereocenters. The van der Waals surface area contributed by atoms with Crippen LogP contribution in [0.15, 0.2) is 24.3 Å². The van der Waals surface area contributed by atoms with E-state index in [0.717, 1.165) is 23.4 Å². The van der Waals surface area contributed by atoms with E-state index in [0.29, 0.717) is 0 Å². The Labute approximate surface area is 93.3 Å². The van der Waals surface area contributed by atoms with Crippen LogP contribution in [0.2, 0.25) is 0 Å². The molecule has 84 valence electrons. The molecule has 0 radical (unpaired) electrons. The first-order chi connectivity index (χ1) is 7.74. The molecule has 1 N–H and O–H groups in total. The number of aryl methyl sites for hydroxylation is 1. The maximum atomic E-state index is 13.5. The largest absolute Gasteiger partial charge is 0.494 e. The summed E-state index contributed by atoms with van der Waals surface area (Å²) in [4.78, 5) is 0. The summed E-state index contributed by atoms with van der Waals surface area (Å²) in [5.41, 5.74) is 2.53. The summed E-state index contributed by atoms with van der Waals surface area (Å²) >= 11 is 0. The zero-order valence-corrected chi connectivity index (χ0v) is 9.25. The molecule has 0 unspecified atom stereocenters. The van der Waals surface area contributed by atoms with Crippen LogP contribution < -0.4 is 4.74 Å². The molecular weight excluding hydrogens is 207 g/mol. The van der Waals surface area contributed by atoms with Crippen molar-refractivity contribution in [1.29, 1.82) is 0 Å². The van der Waals surface area contributed by atoms with E-state index in [4.69, 9.17) is 4.74 Å². The van der Waals surface area contributed by atoms with Gasteiger partial charge in [0.2, 0.25) is 0 Å². The van der Waals surface area contributed by atoms with Crippen molar-refractivity contribution >= 4 is 0 Å². The molecule has 0 aliphatic carbocycles. The Kier molecular flexibility index (Phi) is 2.90.